The van der Waals surface area contributed by atoms with Crippen LogP contribution in [0.4, 0.5) is 5.69 Å². The zero-order chi connectivity index (χ0) is 19.8. The maximum atomic E-state index is 13.1. The van der Waals surface area contributed by atoms with Gasteiger partial charge in [-0.3, -0.25) is 14.7 Å². The minimum absolute atomic E-state index is 0.139. The summed E-state index contributed by atoms with van der Waals surface area (Å²) in [6.45, 7) is 0. The molecule has 2 heterocycles. The topological polar surface area (TPSA) is 45.6 Å². The standard InChI is InChI=1S/C24H17N3OS/c1-29-24-26-22(15-20-8-4-5-11-25-20)23(28)27(24)21-10-9-18-12-16-6-2-3-7-17(16)13-19(18)14-21/h2-15H,1H3/b22-15-. The van der Waals surface area contributed by atoms with Crippen molar-refractivity contribution in [3.8, 4) is 0 Å². The Kier molecular flexibility index (Phi) is 4.37. The second-order valence-corrected chi connectivity index (χ2v) is 7.53. The molecule has 0 saturated heterocycles. The second kappa shape index (κ2) is 7.18. The van der Waals surface area contributed by atoms with E-state index in [1.807, 2.05) is 42.7 Å². The molecule has 0 spiro atoms. The van der Waals surface area contributed by atoms with E-state index in [0.29, 0.717) is 16.6 Å². The van der Waals surface area contributed by atoms with Crippen LogP contribution in [-0.4, -0.2) is 22.3 Å². The second-order valence-electron chi connectivity index (χ2n) is 6.75. The highest BCUT2D eigenvalue weighted by Crippen LogP contribution is 2.32. The number of thioether (sulfide) groups is 1. The summed E-state index contributed by atoms with van der Waals surface area (Å²) < 4.78 is 0. The highest BCUT2D eigenvalue weighted by molar-refractivity contribution is 8.13. The van der Waals surface area contributed by atoms with Crippen LogP contribution in [0.3, 0.4) is 0 Å². The van der Waals surface area contributed by atoms with Gasteiger partial charge in [0.25, 0.3) is 5.91 Å². The lowest BCUT2D eigenvalue weighted by Crippen LogP contribution is -2.30. The van der Waals surface area contributed by atoms with Crippen molar-refractivity contribution in [2.75, 3.05) is 11.2 Å². The van der Waals surface area contributed by atoms with Crippen LogP contribution in [0.25, 0.3) is 27.6 Å². The first kappa shape index (κ1) is 17.6. The average Bonchev–Trinajstić information content (AvgIpc) is 3.07. The lowest BCUT2D eigenvalue weighted by atomic mass is 10.0. The van der Waals surface area contributed by atoms with E-state index in [-0.39, 0.29) is 5.91 Å². The fraction of sp³-hybridized carbons (Fsp3) is 0.0417. The maximum absolute atomic E-state index is 13.1. The van der Waals surface area contributed by atoms with Crippen LogP contribution < -0.4 is 4.90 Å². The Morgan fingerprint density at radius 1 is 0.862 bits per heavy atom. The van der Waals surface area contributed by atoms with Crippen LogP contribution in [0, 0.1) is 0 Å². The Morgan fingerprint density at radius 3 is 2.31 bits per heavy atom. The van der Waals surface area contributed by atoms with Crippen molar-refractivity contribution < 1.29 is 4.79 Å². The number of nitrogens with zero attached hydrogens (tertiary/aromatic N) is 3. The average molecular weight is 395 g/mol. The number of amidine groups is 1. The highest BCUT2D eigenvalue weighted by atomic mass is 32.2. The molecule has 140 valence electrons. The first-order valence-electron chi connectivity index (χ1n) is 9.25. The summed E-state index contributed by atoms with van der Waals surface area (Å²) in [5.41, 5.74) is 1.92. The van der Waals surface area contributed by atoms with Crippen LogP contribution in [-0.2, 0) is 4.79 Å². The lowest BCUT2D eigenvalue weighted by Gasteiger charge is -2.17. The number of aliphatic imine (C=N–C) groups is 1. The van der Waals surface area contributed by atoms with Gasteiger partial charge in [-0.1, -0.05) is 48.2 Å². The van der Waals surface area contributed by atoms with E-state index in [9.17, 15) is 4.79 Å². The number of amides is 1. The molecular formula is C24H17N3OS. The van der Waals surface area contributed by atoms with Gasteiger partial charge >= 0.3 is 0 Å². The summed E-state index contributed by atoms with van der Waals surface area (Å²) in [4.78, 5) is 23.6. The van der Waals surface area contributed by atoms with E-state index in [2.05, 4.69) is 46.4 Å². The SMILES string of the molecule is CSC1=N/C(=C\c2ccccn2)C(=O)N1c1ccc2cc3ccccc3cc2c1. The highest BCUT2D eigenvalue weighted by Gasteiger charge is 2.31. The van der Waals surface area contributed by atoms with Gasteiger partial charge in [-0.25, -0.2) is 4.99 Å². The fourth-order valence-corrected chi connectivity index (χ4v) is 4.09. The van der Waals surface area contributed by atoms with Crippen molar-refractivity contribution in [3.63, 3.8) is 0 Å². The zero-order valence-corrected chi connectivity index (χ0v) is 16.6. The number of aromatic nitrogens is 1. The molecule has 1 amide bonds. The fourth-order valence-electron chi connectivity index (χ4n) is 3.53. The lowest BCUT2D eigenvalue weighted by molar-refractivity contribution is -0.113. The molecule has 0 N–H and O–H groups in total. The van der Waals surface area contributed by atoms with Gasteiger partial charge in [0.1, 0.15) is 5.70 Å². The Labute approximate surface area is 172 Å². The Bertz CT molecular complexity index is 1310. The van der Waals surface area contributed by atoms with Gasteiger partial charge < -0.3 is 0 Å². The third-order valence-electron chi connectivity index (χ3n) is 4.93. The van der Waals surface area contributed by atoms with Crippen LogP contribution in [0.1, 0.15) is 5.69 Å². The third kappa shape index (κ3) is 3.19. The largest absolute Gasteiger partial charge is 0.283 e. The van der Waals surface area contributed by atoms with Crippen LogP contribution in [0.2, 0.25) is 0 Å². The summed E-state index contributed by atoms with van der Waals surface area (Å²) in [6, 6.07) is 24.3. The molecule has 0 saturated carbocycles. The van der Waals surface area contributed by atoms with Crippen LogP contribution >= 0.6 is 11.8 Å². The molecule has 1 aromatic heterocycles. The van der Waals surface area contributed by atoms with Crippen LogP contribution in [0.15, 0.2) is 89.7 Å². The predicted octanol–water partition coefficient (Wildman–Crippen LogP) is 5.49. The summed E-state index contributed by atoms with van der Waals surface area (Å²) in [6.07, 6.45) is 5.36. The van der Waals surface area contributed by atoms with Crippen molar-refractivity contribution in [2.24, 2.45) is 4.99 Å². The molecule has 29 heavy (non-hydrogen) atoms. The van der Waals surface area contributed by atoms with E-state index in [1.54, 1.807) is 17.2 Å². The molecule has 1 aliphatic heterocycles. The van der Waals surface area contributed by atoms with Gasteiger partial charge in [-0.15, -0.1) is 0 Å². The Morgan fingerprint density at radius 2 is 1.59 bits per heavy atom. The van der Waals surface area contributed by atoms with Gasteiger partial charge in [-0.2, -0.15) is 0 Å². The Hall–Kier alpha value is -3.44. The predicted molar refractivity (Wildman–Crippen MR) is 122 cm³/mol. The maximum Gasteiger partial charge on any atom is 0.283 e. The molecule has 4 aromatic rings. The number of carbonyl (C=O) groups is 1. The number of fused-ring (bicyclic) bond motifs is 2. The molecule has 0 aliphatic carbocycles. The number of hydrogen-bond donors (Lipinski definition) is 0. The van der Waals surface area contributed by atoms with Crippen molar-refractivity contribution in [1.29, 1.82) is 0 Å². The van der Waals surface area contributed by atoms with E-state index >= 15 is 0 Å². The van der Waals surface area contributed by atoms with Gasteiger partial charge in [0.2, 0.25) is 0 Å². The van der Waals surface area contributed by atoms with Gasteiger partial charge in [0.05, 0.1) is 11.4 Å². The van der Waals surface area contributed by atoms with Gasteiger partial charge in [0, 0.05) is 6.20 Å². The van der Waals surface area contributed by atoms with Crippen molar-refractivity contribution in [3.05, 3.63) is 90.4 Å². The minimum atomic E-state index is -0.139. The smallest absolute Gasteiger partial charge is 0.266 e. The molecule has 0 fully saturated rings. The molecule has 0 bridgehead atoms. The summed E-state index contributed by atoms with van der Waals surface area (Å²) >= 11 is 1.46. The molecule has 0 unspecified atom stereocenters. The first-order chi connectivity index (χ1) is 14.2. The molecule has 0 atom stereocenters. The number of hydrogen-bond acceptors (Lipinski definition) is 4. The summed E-state index contributed by atoms with van der Waals surface area (Å²) in [5, 5.41) is 5.29. The third-order valence-corrected chi connectivity index (χ3v) is 5.57. The number of pyridine rings is 1. The first-order valence-corrected chi connectivity index (χ1v) is 10.5. The van der Waals surface area contributed by atoms with Crippen molar-refractivity contribution in [1.82, 2.24) is 4.98 Å². The number of carbonyl (C=O) groups excluding carboxylic acids is 1. The quantitative estimate of drug-likeness (QED) is 0.333. The van der Waals surface area contributed by atoms with E-state index in [1.165, 1.54) is 22.5 Å². The Balaban J connectivity index is 1.58. The monoisotopic (exact) mass is 395 g/mol. The summed E-state index contributed by atoms with van der Waals surface area (Å²) in [7, 11) is 0. The van der Waals surface area contributed by atoms with Crippen LogP contribution in [0.5, 0.6) is 0 Å². The normalized spacial score (nSPS) is 15.5. The van der Waals surface area contributed by atoms with Gasteiger partial charge in [0.15, 0.2) is 5.17 Å². The molecule has 5 rings (SSSR count). The van der Waals surface area contributed by atoms with Gasteiger partial charge in [-0.05, 0) is 70.3 Å². The zero-order valence-electron chi connectivity index (χ0n) is 15.7. The molecule has 0 radical (unpaired) electrons. The molecule has 1 aliphatic rings. The van der Waals surface area contributed by atoms with Crippen molar-refractivity contribution >= 4 is 56.1 Å². The number of benzene rings is 3. The summed E-state index contributed by atoms with van der Waals surface area (Å²) in [5.74, 6) is -0.139. The molecule has 4 nitrogen and oxygen atoms in total. The number of anilines is 1. The van der Waals surface area contributed by atoms with E-state index < -0.39 is 0 Å². The van der Waals surface area contributed by atoms with E-state index in [0.717, 1.165) is 16.5 Å². The molecule has 3 aromatic carbocycles. The van der Waals surface area contributed by atoms with E-state index in [4.69, 9.17) is 0 Å². The molecular weight excluding hydrogens is 378 g/mol. The number of rotatable bonds is 2. The van der Waals surface area contributed by atoms with Crippen molar-refractivity contribution in [2.45, 2.75) is 0 Å². The molecule has 5 heteroatoms. The minimum Gasteiger partial charge on any atom is -0.266 e.